The molecule has 3 atom stereocenters. The number of nitrogens with zero attached hydrogens (tertiary/aromatic N) is 1. The van der Waals surface area contributed by atoms with Gasteiger partial charge in [-0.2, -0.15) is 5.26 Å². The lowest BCUT2D eigenvalue weighted by molar-refractivity contribution is -0.120. The van der Waals surface area contributed by atoms with Crippen LogP contribution in [0.4, 0.5) is 0 Å². The second-order valence-electron chi connectivity index (χ2n) is 4.69. The quantitative estimate of drug-likeness (QED) is 0.700. The van der Waals surface area contributed by atoms with E-state index >= 15 is 0 Å². The Morgan fingerprint density at radius 1 is 1.44 bits per heavy atom. The van der Waals surface area contributed by atoms with E-state index in [2.05, 4.69) is 24.5 Å². The molecule has 0 aromatic rings. The van der Waals surface area contributed by atoms with Crippen molar-refractivity contribution < 1.29 is 4.79 Å². The highest BCUT2D eigenvalue weighted by molar-refractivity contribution is 5.78. The topological polar surface area (TPSA) is 64.9 Å². The van der Waals surface area contributed by atoms with Gasteiger partial charge < -0.3 is 10.6 Å². The molecule has 1 fully saturated rings. The third-order valence-corrected chi connectivity index (χ3v) is 3.60. The number of rotatable bonds is 4. The van der Waals surface area contributed by atoms with E-state index in [1.807, 2.05) is 6.07 Å². The summed E-state index contributed by atoms with van der Waals surface area (Å²) in [7, 11) is 0. The Kier molecular flexibility index (Phi) is 5.27. The zero-order chi connectivity index (χ0) is 12.0. The minimum absolute atomic E-state index is 0.0908. The Morgan fingerprint density at radius 3 is 2.88 bits per heavy atom. The Balaban J connectivity index is 2.26. The summed E-state index contributed by atoms with van der Waals surface area (Å²) in [5.74, 6) is 1.26. The molecule has 0 aliphatic heterocycles. The van der Waals surface area contributed by atoms with Crippen LogP contribution in [0.25, 0.3) is 0 Å². The zero-order valence-electron chi connectivity index (χ0n) is 10.1. The fourth-order valence-electron chi connectivity index (χ4n) is 2.29. The first kappa shape index (κ1) is 13.0. The summed E-state index contributed by atoms with van der Waals surface area (Å²) < 4.78 is 0. The fraction of sp³-hybridized carbons (Fsp3) is 0.833. The average Bonchev–Trinajstić information content (AvgIpc) is 2.28. The third kappa shape index (κ3) is 3.82. The predicted octanol–water partition coefficient (Wildman–Crippen LogP) is 1.04. The van der Waals surface area contributed by atoms with Gasteiger partial charge in [0.2, 0.25) is 5.91 Å². The second kappa shape index (κ2) is 6.49. The van der Waals surface area contributed by atoms with Crippen molar-refractivity contribution in [2.45, 2.75) is 39.2 Å². The lowest BCUT2D eigenvalue weighted by Gasteiger charge is -2.34. The van der Waals surface area contributed by atoms with Crippen molar-refractivity contribution in [2.75, 3.05) is 13.1 Å². The van der Waals surface area contributed by atoms with Crippen molar-refractivity contribution in [1.82, 2.24) is 10.6 Å². The molecule has 0 aromatic heterocycles. The smallest absolute Gasteiger partial charge is 0.234 e. The molecule has 1 saturated carbocycles. The summed E-state index contributed by atoms with van der Waals surface area (Å²) >= 11 is 0. The molecule has 2 N–H and O–H groups in total. The Bertz CT molecular complexity index is 272. The first-order valence-corrected chi connectivity index (χ1v) is 6.02. The largest absolute Gasteiger partial charge is 0.342 e. The van der Waals surface area contributed by atoms with Crippen molar-refractivity contribution in [2.24, 2.45) is 11.8 Å². The highest BCUT2D eigenvalue weighted by Gasteiger charge is 2.26. The standard InChI is InChI=1S/C12H21N3O/c1-9-4-3-5-11(10(9)2)15-8-12(16)14-7-6-13/h9-11,15H,3-5,7-8H2,1-2H3,(H,14,16). The van der Waals surface area contributed by atoms with Gasteiger partial charge >= 0.3 is 0 Å². The fourth-order valence-corrected chi connectivity index (χ4v) is 2.29. The maximum absolute atomic E-state index is 11.3. The zero-order valence-corrected chi connectivity index (χ0v) is 10.1. The number of nitriles is 1. The summed E-state index contributed by atoms with van der Waals surface area (Å²) in [4.78, 5) is 11.3. The van der Waals surface area contributed by atoms with Gasteiger partial charge in [0.25, 0.3) is 0 Å². The van der Waals surface area contributed by atoms with Gasteiger partial charge in [0.05, 0.1) is 12.6 Å². The van der Waals surface area contributed by atoms with Crippen LogP contribution in [-0.2, 0) is 4.79 Å². The molecule has 1 aliphatic carbocycles. The van der Waals surface area contributed by atoms with Gasteiger partial charge in [0, 0.05) is 6.04 Å². The van der Waals surface area contributed by atoms with Crippen LogP contribution < -0.4 is 10.6 Å². The monoisotopic (exact) mass is 223 g/mol. The van der Waals surface area contributed by atoms with Gasteiger partial charge in [-0.3, -0.25) is 4.79 Å². The molecule has 0 bridgehead atoms. The van der Waals surface area contributed by atoms with Crippen LogP contribution in [0.1, 0.15) is 33.1 Å². The second-order valence-corrected chi connectivity index (χ2v) is 4.69. The van der Waals surface area contributed by atoms with E-state index in [1.54, 1.807) is 0 Å². The molecule has 0 radical (unpaired) electrons. The number of carbonyl (C=O) groups excluding carboxylic acids is 1. The molecular weight excluding hydrogens is 202 g/mol. The van der Waals surface area contributed by atoms with Crippen LogP contribution in [0, 0.1) is 23.2 Å². The summed E-state index contributed by atoms with van der Waals surface area (Å²) in [5.41, 5.74) is 0. The minimum Gasteiger partial charge on any atom is -0.342 e. The number of carbonyl (C=O) groups is 1. The van der Waals surface area contributed by atoms with Crippen LogP contribution in [0.2, 0.25) is 0 Å². The molecule has 1 amide bonds. The van der Waals surface area contributed by atoms with Crippen LogP contribution in [0.3, 0.4) is 0 Å². The molecule has 4 nitrogen and oxygen atoms in total. The summed E-state index contributed by atoms with van der Waals surface area (Å²) in [6.07, 6.45) is 3.68. The molecule has 1 aliphatic rings. The van der Waals surface area contributed by atoms with E-state index < -0.39 is 0 Å². The van der Waals surface area contributed by atoms with Gasteiger partial charge in [-0.05, 0) is 18.3 Å². The lowest BCUT2D eigenvalue weighted by Crippen LogP contribution is -2.45. The normalized spacial score (nSPS) is 29.4. The number of hydrogen-bond donors (Lipinski definition) is 2. The van der Waals surface area contributed by atoms with Crippen molar-refractivity contribution in [3.63, 3.8) is 0 Å². The highest BCUT2D eigenvalue weighted by Crippen LogP contribution is 2.29. The molecule has 0 heterocycles. The van der Waals surface area contributed by atoms with Crippen LogP contribution in [0.15, 0.2) is 0 Å². The first-order chi connectivity index (χ1) is 7.65. The molecule has 16 heavy (non-hydrogen) atoms. The molecular formula is C12H21N3O. The number of nitrogens with one attached hydrogen (secondary N) is 2. The van der Waals surface area contributed by atoms with Gasteiger partial charge in [0.1, 0.15) is 6.54 Å². The van der Waals surface area contributed by atoms with Crippen LogP contribution in [0.5, 0.6) is 0 Å². The van der Waals surface area contributed by atoms with Gasteiger partial charge in [-0.15, -0.1) is 0 Å². The highest BCUT2D eigenvalue weighted by atomic mass is 16.1. The maximum Gasteiger partial charge on any atom is 0.234 e. The lowest BCUT2D eigenvalue weighted by atomic mass is 9.78. The Labute approximate surface area is 97.4 Å². The van der Waals surface area contributed by atoms with Crippen molar-refractivity contribution >= 4 is 5.91 Å². The molecule has 0 saturated heterocycles. The van der Waals surface area contributed by atoms with Gasteiger partial charge in [0.15, 0.2) is 0 Å². The van der Waals surface area contributed by atoms with Crippen molar-refractivity contribution in [3.8, 4) is 6.07 Å². The molecule has 0 aromatic carbocycles. The van der Waals surface area contributed by atoms with E-state index in [9.17, 15) is 4.79 Å². The molecule has 90 valence electrons. The van der Waals surface area contributed by atoms with Crippen LogP contribution >= 0.6 is 0 Å². The predicted molar refractivity (Wildman–Crippen MR) is 62.6 cm³/mol. The van der Waals surface area contributed by atoms with Gasteiger partial charge in [-0.25, -0.2) is 0 Å². The third-order valence-electron chi connectivity index (χ3n) is 3.60. The number of hydrogen-bond acceptors (Lipinski definition) is 3. The SMILES string of the molecule is CC1CCCC(NCC(=O)NCC#N)C1C. The molecule has 0 spiro atoms. The summed E-state index contributed by atoms with van der Waals surface area (Å²) in [6.45, 7) is 4.93. The maximum atomic E-state index is 11.3. The Morgan fingerprint density at radius 2 is 2.19 bits per heavy atom. The summed E-state index contributed by atoms with van der Waals surface area (Å²) in [5, 5.41) is 14.1. The van der Waals surface area contributed by atoms with Crippen LogP contribution in [-0.4, -0.2) is 25.0 Å². The van der Waals surface area contributed by atoms with Crippen molar-refractivity contribution in [1.29, 1.82) is 5.26 Å². The van der Waals surface area contributed by atoms with E-state index in [-0.39, 0.29) is 12.5 Å². The van der Waals surface area contributed by atoms with E-state index in [0.717, 1.165) is 12.3 Å². The molecule has 3 unspecified atom stereocenters. The van der Waals surface area contributed by atoms with Crippen molar-refractivity contribution in [3.05, 3.63) is 0 Å². The average molecular weight is 223 g/mol. The minimum atomic E-state index is -0.0908. The van der Waals surface area contributed by atoms with E-state index in [4.69, 9.17) is 5.26 Å². The van der Waals surface area contributed by atoms with Gasteiger partial charge in [-0.1, -0.05) is 26.7 Å². The first-order valence-electron chi connectivity index (χ1n) is 6.02. The van der Waals surface area contributed by atoms with E-state index in [1.165, 1.54) is 12.8 Å². The molecule has 4 heteroatoms. The number of amides is 1. The summed E-state index contributed by atoms with van der Waals surface area (Å²) in [6, 6.07) is 2.33. The molecule has 1 rings (SSSR count). The Hall–Kier alpha value is -1.08. The van der Waals surface area contributed by atoms with E-state index in [0.29, 0.717) is 18.5 Å².